The van der Waals surface area contributed by atoms with Crippen LogP contribution in [0.3, 0.4) is 0 Å². The molecule has 180 valence electrons. The molecule has 0 unspecified atom stereocenters. The first kappa shape index (κ1) is 25.3. The molecule has 0 bridgehead atoms. The normalized spacial score (nSPS) is 12.5. The van der Waals surface area contributed by atoms with Gasteiger partial charge in [-0.05, 0) is 62.6 Å². The summed E-state index contributed by atoms with van der Waals surface area (Å²) in [7, 11) is 0. The van der Waals surface area contributed by atoms with E-state index in [9.17, 15) is 19.2 Å². The van der Waals surface area contributed by atoms with E-state index in [1.54, 1.807) is 36.4 Å². The lowest BCUT2D eigenvalue weighted by molar-refractivity contribution is -0.118. The topological polar surface area (TPSA) is 98.8 Å². The number of carbonyl (C=O) groups excluding carboxylic acids is 4. The van der Waals surface area contributed by atoms with Gasteiger partial charge in [0.05, 0.1) is 13.1 Å². The number of hydrogen-bond acceptors (Lipinski definition) is 6. The van der Waals surface area contributed by atoms with E-state index >= 15 is 0 Å². The van der Waals surface area contributed by atoms with E-state index in [1.807, 2.05) is 37.5 Å². The van der Waals surface area contributed by atoms with Crippen LogP contribution in [0.5, 0.6) is 0 Å². The second kappa shape index (κ2) is 11.2. The Labute approximate surface area is 200 Å². The molecule has 8 heteroatoms. The van der Waals surface area contributed by atoms with Crippen molar-refractivity contribution in [1.29, 1.82) is 0 Å². The van der Waals surface area contributed by atoms with Crippen molar-refractivity contribution in [2.24, 2.45) is 0 Å². The minimum absolute atomic E-state index is 0.183. The van der Waals surface area contributed by atoms with E-state index in [1.165, 1.54) is 0 Å². The zero-order valence-corrected chi connectivity index (χ0v) is 20.2. The van der Waals surface area contributed by atoms with Crippen LogP contribution in [-0.2, 0) is 9.59 Å². The molecule has 3 rings (SSSR count). The Kier molecular flexibility index (Phi) is 8.31. The maximum Gasteiger partial charge on any atom is 0.238 e. The third-order valence-electron chi connectivity index (χ3n) is 6.11. The molecule has 0 heterocycles. The number of nitrogens with zero attached hydrogens (tertiary/aromatic N) is 2. The molecule has 2 aromatic rings. The third-order valence-corrected chi connectivity index (χ3v) is 6.11. The van der Waals surface area contributed by atoms with Crippen LogP contribution in [0.25, 0.3) is 0 Å². The maximum atomic E-state index is 13.3. The molecule has 8 nitrogen and oxygen atoms in total. The lowest BCUT2D eigenvalue weighted by atomic mass is 9.83. The summed E-state index contributed by atoms with van der Waals surface area (Å²) < 4.78 is 0. The van der Waals surface area contributed by atoms with Crippen molar-refractivity contribution in [3.63, 3.8) is 0 Å². The molecule has 1 aliphatic rings. The zero-order chi connectivity index (χ0) is 24.8. The quantitative estimate of drug-likeness (QED) is 0.479. The lowest BCUT2D eigenvalue weighted by Gasteiger charge is -2.21. The molecule has 0 fully saturated rings. The zero-order valence-electron chi connectivity index (χ0n) is 20.2. The molecule has 0 radical (unpaired) electrons. The number of hydrogen-bond donors (Lipinski definition) is 2. The first-order valence-electron chi connectivity index (χ1n) is 11.7. The van der Waals surface area contributed by atoms with Gasteiger partial charge in [0.15, 0.2) is 11.6 Å². The van der Waals surface area contributed by atoms with Crippen molar-refractivity contribution in [3.05, 3.63) is 58.7 Å². The second-order valence-corrected chi connectivity index (χ2v) is 8.20. The summed E-state index contributed by atoms with van der Waals surface area (Å²) in [5, 5.41) is 5.62. The number of ketones is 2. The van der Waals surface area contributed by atoms with Crippen LogP contribution in [0.4, 0.5) is 11.4 Å². The number of anilines is 2. The van der Waals surface area contributed by atoms with Crippen molar-refractivity contribution in [2.75, 3.05) is 49.9 Å². The Hall–Kier alpha value is -3.36. The highest BCUT2D eigenvalue weighted by Crippen LogP contribution is 2.31. The van der Waals surface area contributed by atoms with Crippen LogP contribution < -0.4 is 10.6 Å². The monoisotopic (exact) mass is 464 g/mol. The Balaban J connectivity index is 1.81. The molecule has 2 N–H and O–H groups in total. The number of carbonyl (C=O) groups is 4. The number of amides is 2. The van der Waals surface area contributed by atoms with Gasteiger partial charge in [0, 0.05) is 33.6 Å². The van der Waals surface area contributed by atoms with Crippen LogP contribution >= 0.6 is 0 Å². The van der Waals surface area contributed by atoms with E-state index in [-0.39, 0.29) is 47.6 Å². The molecule has 2 aromatic carbocycles. The highest BCUT2D eigenvalue weighted by atomic mass is 16.2. The van der Waals surface area contributed by atoms with Gasteiger partial charge < -0.3 is 10.6 Å². The highest BCUT2D eigenvalue weighted by molar-refractivity contribution is 6.29. The van der Waals surface area contributed by atoms with Gasteiger partial charge in [0.1, 0.15) is 0 Å². The molecular formula is C26H32N4O4. The molecule has 0 saturated heterocycles. The van der Waals surface area contributed by atoms with Crippen LogP contribution in [0.2, 0.25) is 0 Å². The number of nitrogens with one attached hydrogen (secondary N) is 2. The first-order valence-corrected chi connectivity index (χ1v) is 11.7. The van der Waals surface area contributed by atoms with Gasteiger partial charge in [-0.15, -0.1) is 0 Å². The summed E-state index contributed by atoms with van der Waals surface area (Å²) in [6, 6.07) is 9.51. The van der Waals surface area contributed by atoms with E-state index in [2.05, 4.69) is 10.6 Å². The molecule has 2 amide bonds. The fourth-order valence-electron chi connectivity index (χ4n) is 4.01. The second-order valence-electron chi connectivity index (χ2n) is 8.20. The van der Waals surface area contributed by atoms with E-state index in [0.29, 0.717) is 22.5 Å². The predicted octanol–water partition coefficient (Wildman–Crippen LogP) is 3.02. The van der Waals surface area contributed by atoms with Gasteiger partial charge in [-0.2, -0.15) is 0 Å². The summed E-state index contributed by atoms with van der Waals surface area (Å²) in [6.45, 7) is 11.5. The molecule has 0 aliphatic heterocycles. The summed E-state index contributed by atoms with van der Waals surface area (Å²) >= 11 is 0. The first-order chi connectivity index (χ1) is 16.3. The molecule has 0 saturated carbocycles. The van der Waals surface area contributed by atoms with Gasteiger partial charge in [0.2, 0.25) is 11.8 Å². The van der Waals surface area contributed by atoms with Gasteiger partial charge in [-0.25, -0.2) is 0 Å². The minimum Gasteiger partial charge on any atom is -0.325 e. The molecule has 34 heavy (non-hydrogen) atoms. The highest BCUT2D eigenvalue weighted by Gasteiger charge is 2.30. The number of benzene rings is 2. The van der Waals surface area contributed by atoms with Crippen molar-refractivity contribution < 1.29 is 19.2 Å². The van der Waals surface area contributed by atoms with Crippen molar-refractivity contribution in [3.8, 4) is 0 Å². The Bertz CT molecular complexity index is 1020. The summed E-state index contributed by atoms with van der Waals surface area (Å²) in [5.41, 5.74) is 2.01. The maximum absolute atomic E-state index is 13.3. The van der Waals surface area contributed by atoms with E-state index < -0.39 is 0 Å². The molecule has 0 aromatic heterocycles. The number of fused-ring (bicyclic) bond motifs is 2. The number of likely N-dealkylation sites (N-methyl/N-ethyl adjacent to an activating group) is 2. The average Bonchev–Trinajstić information content (AvgIpc) is 2.84. The number of rotatable bonds is 10. The minimum atomic E-state index is -0.315. The lowest BCUT2D eigenvalue weighted by Crippen LogP contribution is -2.33. The van der Waals surface area contributed by atoms with Crippen LogP contribution in [-0.4, -0.2) is 72.4 Å². The van der Waals surface area contributed by atoms with E-state index in [4.69, 9.17) is 0 Å². The molecule has 1 aliphatic carbocycles. The van der Waals surface area contributed by atoms with Gasteiger partial charge in [-0.1, -0.05) is 27.7 Å². The van der Waals surface area contributed by atoms with Crippen molar-refractivity contribution in [2.45, 2.75) is 27.7 Å². The SMILES string of the molecule is CCN(CC)CC(=O)Nc1ccc2c(c1)C(=O)c1cc(NC(=O)CN(CC)CC)ccc1C2=O. The fraction of sp³-hybridized carbons (Fsp3) is 0.385. The largest absolute Gasteiger partial charge is 0.325 e. The average molecular weight is 465 g/mol. The predicted molar refractivity (Wildman–Crippen MR) is 133 cm³/mol. The Morgan fingerprint density at radius 3 is 1.32 bits per heavy atom. The van der Waals surface area contributed by atoms with Gasteiger partial charge in [-0.3, -0.25) is 29.0 Å². The van der Waals surface area contributed by atoms with Gasteiger partial charge in [0.25, 0.3) is 0 Å². The van der Waals surface area contributed by atoms with Crippen molar-refractivity contribution in [1.82, 2.24) is 9.80 Å². The smallest absolute Gasteiger partial charge is 0.238 e. The fourth-order valence-corrected chi connectivity index (χ4v) is 4.01. The standard InChI is InChI=1S/C26H32N4O4/c1-5-29(6-2)15-23(31)27-17-9-11-19-21(13-17)26(34)22-14-18(10-12-20(22)25(19)33)28-24(32)16-30(7-3)8-4/h9-14H,5-8,15-16H2,1-4H3,(H,27,31)(H,28,32). The van der Waals surface area contributed by atoms with Crippen LogP contribution in [0, 0.1) is 0 Å². The van der Waals surface area contributed by atoms with Crippen LogP contribution in [0.1, 0.15) is 59.5 Å². The van der Waals surface area contributed by atoms with Gasteiger partial charge >= 0.3 is 0 Å². The van der Waals surface area contributed by atoms with Crippen molar-refractivity contribution >= 4 is 34.8 Å². The summed E-state index contributed by atoms with van der Waals surface area (Å²) in [4.78, 5) is 55.0. The molecule has 0 atom stereocenters. The molecule has 0 spiro atoms. The van der Waals surface area contributed by atoms with E-state index in [0.717, 1.165) is 26.2 Å². The van der Waals surface area contributed by atoms with Crippen LogP contribution in [0.15, 0.2) is 36.4 Å². The summed E-state index contributed by atoms with van der Waals surface area (Å²) in [6.07, 6.45) is 0. The Morgan fingerprint density at radius 1 is 0.618 bits per heavy atom. The molecular weight excluding hydrogens is 432 g/mol. The third kappa shape index (κ3) is 5.58. The Morgan fingerprint density at radius 2 is 0.971 bits per heavy atom. The summed E-state index contributed by atoms with van der Waals surface area (Å²) in [5.74, 6) is -0.940.